The normalized spacial score (nSPS) is 10.1. The number of hydrogen-bond acceptors (Lipinski definition) is 2. The third kappa shape index (κ3) is 2.63. The molecule has 0 heterocycles. The molecule has 0 atom stereocenters. The van der Waals surface area contributed by atoms with Crippen LogP contribution in [0.3, 0.4) is 0 Å². The number of aromatic carboxylic acids is 1. The zero-order valence-electron chi connectivity index (χ0n) is 9.15. The Kier molecular flexibility index (Phi) is 3.23. The molecule has 0 fully saturated rings. The van der Waals surface area contributed by atoms with Crippen molar-refractivity contribution >= 4 is 17.3 Å². The average Bonchev–Trinajstić information content (AvgIpc) is 2.31. The highest BCUT2D eigenvalue weighted by molar-refractivity contribution is 5.95. The van der Waals surface area contributed by atoms with Crippen molar-refractivity contribution in [2.75, 3.05) is 5.32 Å². The Balaban J connectivity index is 2.37. The number of hydrogen-bond donors (Lipinski definition) is 2. The summed E-state index contributed by atoms with van der Waals surface area (Å²) in [6, 6.07) is 8.89. The summed E-state index contributed by atoms with van der Waals surface area (Å²) in [6.07, 6.45) is 0. The molecule has 5 heteroatoms. The maximum Gasteiger partial charge on any atom is 0.337 e. The van der Waals surface area contributed by atoms with Gasteiger partial charge in [0, 0.05) is 5.69 Å². The summed E-state index contributed by atoms with van der Waals surface area (Å²) >= 11 is 0. The summed E-state index contributed by atoms with van der Waals surface area (Å²) in [4.78, 5) is 11.0. The van der Waals surface area contributed by atoms with Gasteiger partial charge in [0.25, 0.3) is 0 Å². The highest BCUT2D eigenvalue weighted by Gasteiger charge is 2.11. The van der Waals surface area contributed by atoms with Gasteiger partial charge in [0.05, 0.1) is 11.3 Å². The van der Waals surface area contributed by atoms with Crippen LogP contribution < -0.4 is 5.32 Å². The summed E-state index contributed by atoms with van der Waals surface area (Å²) in [5.41, 5.74) is 0.387. The Hall–Kier alpha value is -2.43. The van der Waals surface area contributed by atoms with Crippen molar-refractivity contribution in [3.8, 4) is 0 Å². The number of rotatable bonds is 3. The summed E-state index contributed by atoms with van der Waals surface area (Å²) in [6.45, 7) is 0. The molecule has 0 aliphatic heterocycles. The zero-order valence-corrected chi connectivity index (χ0v) is 9.15. The van der Waals surface area contributed by atoms with Gasteiger partial charge in [-0.15, -0.1) is 0 Å². The number of carboxylic acid groups (broad SMARTS) is 1. The second-order valence-electron chi connectivity index (χ2n) is 3.63. The molecular formula is C13H9F2NO2. The van der Waals surface area contributed by atoms with Gasteiger partial charge in [-0.1, -0.05) is 6.07 Å². The predicted octanol–water partition coefficient (Wildman–Crippen LogP) is 3.41. The summed E-state index contributed by atoms with van der Waals surface area (Å²) in [5.74, 6) is -2.34. The van der Waals surface area contributed by atoms with Crippen LogP contribution in [0.25, 0.3) is 0 Å². The molecule has 0 saturated carbocycles. The van der Waals surface area contributed by atoms with E-state index in [1.807, 2.05) is 0 Å². The highest BCUT2D eigenvalue weighted by atomic mass is 19.1. The van der Waals surface area contributed by atoms with Crippen molar-refractivity contribution in [2.45, 2.75) is 0 Å². The molecule has 0 bridgehead atoms. The lowest BCUT2D eigenvalue weighted by Crippen LogP contribution is -2.03. The molecule has 0 aliphatic rings. The molecule has 2 aromatic rings. The monoisotopic (exact) mass is 249 g/mol. The second kappa shape index (κ2) is 4.83. The lowest BCUT2D eigenvalue weighted by Gasteiger charge is -2.09. The van der Waals surface area contributed by atoms with Crippen LogP contribution in [0, 0.1) is 11.6 Å². The summed E-state index contributed by atoms with van der Waals surface area (Å²) in [7, 11) is 0. The largest absolute Gasteiger partial charge is 0.478 e. The smallest absolute Gasteiger partial charge is 0.337 e. The first kappa shape index (κ1) is 12.0. The number of anilines is 2. The van der Waals surface area contributed by atoms with E-state index in [-0.39, 0.29) is 11.3 Å². The van der Waals surface area contributed by atoms with E-state index in [9.17, 15) is 13.6 Å². The first-order chi connectivity index (χ1) is 8.56. The molecule has 0 saturated heterocycles. The van der Waals surface area contributed by atoms with Gasteiger partial charge in [0.2, 0.25) is 0 Å². The molecule has 0 aliphatic carbocycles. The molecule has 0 aromatic heterocycles. The number of benzene rings is 2. The lowest BCUT2D eigenvalue weighted by atomic mass is 10.1. The molecule has 0 spiro atoms. The van der Waals surface area contributed by atoms with E-state index in [0.717, 1.165) is 12.1 Å². The van der Waals surface area contributed by atoms with E-state index in [4.69, 9.17) is 5.11 Å². The Morgan fingerprint density at radius 1 is 1.06 bits per heavy atom. The van der Waals surface area contributed by atoms with Crippen LogP contribution in [0.1, 0.15) is 10.4 Å². The van der Waals surface area contributed by atoms with Gasteiger partial charge in [0.15, 0.2) is 0 Å². The summed E-state index contributed by atoms with van der Waals surface area (Å²) < 4.78 is 25.9. The van der Waals surface area contributed by atoms with Crippen molar-refractivity contribution in [3.63, 3.8) is 0 Å². The van der Waals surface area contributed by atoms with Crippen molar-refractivity contribution in [1.29, 1.82) is 0 Å². The lowest BCUT2D eigenvalue weighted by molar-refractivity contribution is 0.0697. The quantitative estimate of drug-likeness (QED) is 0.876. The van der Waals surface area contributed by atoms with Crippen LogP contribution in [-0.4, -0.2) is 11.1 Å². The van der Waals surface area contributed by atoms with E-state index in [0.29, 0.717) is 5.69 Å². The fourth-order valence-electron chi connectivity index (χ4n) is 1.52. The van der Waals surface area contributed by atoms with E-state index < -0.39 is 17.6 Å². The zero-order chi connectivity index (χ0) is 13.1. The first-order valence-electron chi connectivity index (χ1n) is 5.12. The molecule has 0 amide bonds. The third-order valence-corrected chi connectivity index (χ3v) is 2.32. The molecule has 92 valence electrons. The molecule has 0 unspecified atom stereocenters. The van der Waals surface area contributed by atoms with Gasteiger partial charge in [-0.25, -0.2) is 13.6 Å². The van der Waals surface area contributed by atoms with Gasteiger partial charge in [-0.3, -0.25) is 0 Å². The molecule has 18 heavy (non-hydrogen) atoms. The second-order valence-corrected chi connectivity index (χ2v) is 3.63. The average molecular weight is 249 g/mol. The van der Waals surface area contributed by atoms with Crippen LogP contribution in [0.4, 0.5) is 20.2 Å². The maximum atomic E-state index is 13.0. The third-order valence-electron chi connectivity index (χ3n) is 2.32. The minimum Gasteiger partial charge on any atom is -0.478 e. The molecule has 2 aromatic carbocycles. The molecule has 0 radical (unpaired) electrons. The SMILES string of the molecule is O=C(O)c1cc(F)ccc1Nc1cccc(F)c1. The van der Waals surface area contributed by atoms with Crippen LogP contribution in [0.15, 0.2) is 42.5 Å². The van der Waals surface area contributed by atoms with Gasteiger partial charge in [-0.05, 0) is 36.4 Å². The Labute approximate surface area is 102 Å². The number of carboxylic acids is 1. The Morgan fingerprint density at radius 2 is 1.78 bits per heavy atom. The molecule has 2 N–H and O–H groups in total. The molecular weight excluding hydrogens is 240 g/mol. The maximum absolute atomic E-state index is 13.0. The highest BCUT2D eigenvalue weighted by Crippen LogP contribution is 2.22. The van der Waals surface area contributed by atoms with Gasteiger partial charge >= 0.3 is 5.97 Å². The topological polar surface area (TPSA) is 49.3 Å². The van der Waals surface area contributed by atoms with Crippen LogP contribution in [0.5, 0.6) is 0 Å². The number of halogens is 2. The van der Waals surface area contributed by atoms with Crippen LogP contribution >= 0.6 is 0 Å². The van der Waals surface area contributed by atoms with E-state index in [1.165, 1.54) is 24.3 Å². The van der Waals surface area contributed by atoms with Crippen molar-refractivity contribution in [3.05, 3.63) is 59.7 Å². The minimum absolute atomic E-state index is 0.203. The van der Waals surface area contributed by atoms with Gasteiger partial charge < -0.3 is 10.4 Å². The van der Waals surface area contributed by atoms with Crippen molar-refractivity contribution < 1.29 is 18.7 Å². The van der Waals surface area contributed by atoms with Crippen LogP contribution in [0.2, 0.25) is 0 Å². The van der Waals surface area contributed by atoms with Crippen molar-refractivity contribution in [1.82, 2.24) is 0 Å². The standard InChI is InChI=1S/C13H9F2NO2/c14-8-2-1-3-10(6-8)16-12-5-4-9(15)7-11(12)13(17)18/h1-7,16H,(H,17,18). The fraction of sp³-hybridized carbons (Fsp3) is 0. The van der Waals surface area contributed by atoms with Crippen LogP contribution in [-0.2, 0) is 0 Å². The molecule has 3 nitrogen and oxygen atoms in total. The van der Waals surface area contributed by atoms with Gasteiger partial charge in [0.1, 0.15) is 11.6 Å². The number of nitrogens with one attached hydrogen (secondary N) is 1. The Bertz CT molecular complexity index is 599. The van der Waals surface area contributed by atoms with E-state index in [2.05, 4.69) is 5.32 Å². The Morgan fingerprint density at radius 3 is 2.44 bits per heavy atom. The minimum atomic E-state index is -1.26. The van der Waals surface area contributed by atoms with E-state index in [1.54, 1.807) is 6.07 Å². The fourth-order valence-corrected chi connectivity index (χ4v) is 1.52. The van der Waals surface area contributed by atoms with Gasteiger partial charge in [-0.2, -0.15) is 0 Å². The van der Waals surface area contributed by atoms with E-state index >= 15 is 0 Å². The first-order valence-corrected chi connectivity index (χ1v) is 5.12. The predicted molar refractivity (Wildman–Crippen MR) is 63.0 cm³/mol. The van der Waals surface area contributed by atoms with Crippen molar-refractivity contribution in [2.24, 2.45) is 0 Å². The summed E-state index contributed by atoms with van der Waals surface area (Å²) in [5, 5.41) is 11.7. The molecule has 2 rings (SSSR count). The number of carbonyl (C=O) groups is 1.